The Bertz CT molecular complexity index is 957. The van der Waals surface area contributed by atoms with Crippen molar-refractivity contribution in [3.05, 3.63) is 74.6 Å². The Kier molecular flexibility index (Phi) is 7.02. The molecule has 164 valence electrons. The van der Waals surface area contributed by atoms with Crippen LogP contribution in [0.5, 0.6) is 5.75 Å². The molecule has 0 aliphatic heterocycles. The number of amides is 2. The highest BCUT2D eigenvalue weighted by Crippen LogP contribution is 2.33. The largest absolute Gasteiger partial charge is 0.508 e. The Labute approximate surface area is 190 Å². The van der Waals surface area contributed by atoms with Crippen molar-refractivity contribution in [1.82, 2.24) is 9.80 Å². The van der Waals surface area contributed by atoms with Crippen LogP contribution in [-0.4, -0.2) is 37.6 Å². The van der Waals surface area contributed by atoms with E-state index in [1.165, 1.54) is 17.0 Å². The quantitative estimate of drug-likeness (QED) is 0.485. The van der Waals surface area contributed by atoms with Gasteiger partial charge in [0.05, 0.1) is 13.1 Å². The van der Waals surface area contributed by atoms with Crippen LogP contribution in [0.1, 0.15) is 42.1 Å². The predicted molar refractivity (Wildman–Crippen MR) is 123 cm³/mol. The van der Waals surface area contributed by atoms with Crippen LogP contribution in [0.15, 0.2) is 59.3 Å². The fourth-order valence-corrected chi connectivity index (χ4v) is 4.85. The summed E-state index contributed by atoms with van der Waals surface area (Å²) in [6.07, 6.45) is -1.17. The maximum absolute atomic E-state index is 13.9. The smallest absolute Gasteiger partial charge is 0.408 e. The van der Waals surface area contributed by atoms with Crippen LogP contribution in [0.4, 0.5) is 4.79 Å². The third-order valence-corrected chi connectivity index (χ3v) is 6.52. The molecule has 1 atom stereocenters. The molecule has 2 amide bonds. The maximum Gasteiger partial charge on any atom is 0.408 e. The van der Waals surface area contributed by atoms with Crippen molar-refractivity contribution in [3.8, 4) is 5.75 Å². The van der Waals surface area contributed by atoms with Gasteiger partial charge in [-0.3, -0.25) is 9.69 Å². The lowest BCUT2D eigenvalue weighted by Crippen LogP contribution is -2.52. The average Bonchev–Trinajstić information content (AvgIpc) is 3.38. The summed E-state index contributed by atoms with van der Waals surface area (Å²) < 4.78 is 0. The van der Waals surface area contributed by atoms with Crippen molar-refractivity contribution >= 4 is 34.7 Å². The molecule has 8 heteroatoms. The summed E-state index contributed by atoms with van der Waals surface area (Å²) in [4.78, 5) is 31.2. The molecular weight excluding hydrogens is 432 g/mol. The summed E-state index contributed by atoms with van der Waals surface area (Å²) in [6.45, 7) is 6.08. The van der Waals surface area contributed by atoms with Gasteiger partial charge in [0.25, 0.3) is 5.91 Å². The van der Waals surface area contributed by atoms with E-state index >= 15 is 0 Å². The summed E-state index contributed by atoms with van der Waals surface area (Å²) in [5, 5.41) is 23.7. The molecule has 31 heavy (non-hydrogen) atoms. The number of hydrogen-bond donors (Lipinski definition) is 2. The van der Waals surface area contributed by atoms with Crippen LogP contribution in [-0.2, 0) is 17.9 Å². The van der Waals surface area contributed by atoms with Crippen molar-refractivity contribution in [2.75, 3.05) is 0 Å². The minimum atomic E-state index is -1.17. The van der Waals surface area contributed by atoms with Gasteiger partial charge in [-0.1, -0.05) is 24.3 Å². The number of phenols is 1. The topological polar surface area (TPSA) is 81.1 Å². The van der Waals surface area contributed by atoms with E-state index in [0.29, 0.717) is 18.7 Å². The summed E-state index contributed by atoms with van der Waals surface area (Å²) in [7, 11) is 0. The van der Waals surface area contributed by atoms with Gasteiger partial charge in [-0.05, 0) is 61.4 Å². The van der Waals surface area contributed by atoms with Gasteiger partial charge in [0.15, 0.2) is 0 Å². The number of benzene rings is 1. The van der Waals surface area contributed by atoms with Gasteiger partial charge in [-0.15, -0.1) is 22.7 Å². The fourth-order valence-electron chi connectivity index (χ4n) is 3.41. The van der Waals surface area contributed by atoms with Gasteiger partial charge in [0.2, 0.25) is 0 Å². The number of hydrogen-bond acceptors (Lipinski definition) is 5. The SMILES string of the molecule is CC(C)(C)N(C(=O)O)[C@@H](C(=O)N(Cc1cccs1)Cc1cccs1)c1ccc(O)cc1. The number of carboxylic acid groups (broad SMARTS) is 1. The molecule has 0 unspecified atom stereocenters. The first-order chi connectivity index (χ1) is 14.7. The molecule has 2 N–H and O–H groups in total. The Morgan fingerprint density at radius 3 is 1.84 bits per heavy atom. The predicted octanol–water partition coefficient (Wildman–Crippen LogP) is 5.56. The van der Waals surface area contributed by atoms with Gasteiger partial charge in [-0.25, -0.2) is 4.79 Å². The molecule has 6 nitrogen and oxygen atoms in total. The summed E-state index contributed by atoms with van der Waals surface area (Å²) in [6, 6.07) is 12.9. The van der Waals surface area contributed by atoms with E-state index in [0.717, 1.165) is 9.75 Å². The molecule has 0 saturated heterocycles. The number of carbonyl (C=O) groups is 2. The Balaban J connectivity index is 2.05. The zero-order chi connectivity index (χ0) is 22.6. The second kappa shape index (κ2) is 9.53. The Morgan fingerprint density at radius 2 is 1.45 bits per heavy atom. The molecule has 2 aromatic heterocycles. The standard InChI is InChI=1S/C23H26N2O4S2/c1-23(2,3)25(22(28)29)20(16-8-10-17(26)11-9-16)21(27)24(14-18-6-4-12-30-18)15-19-7-5-13-31-19/h4-13,20,26H,14-15H2,1-3H3,(H,28,29)/t20-/m1/s1. The first-order valence-electron chi connectivity index (χ1n) is 9.81. The van der Waals surface area contributed by atoms with Crippen molar-refractivity contribution in [2.45, 2.75) is 45.4 Å². The number of thiophene rings is 2. The molecule has 3 aromatic rings. The zero-order valence-corrected chi connectivity index (χ0v) is 19.3. The summed E-state index contributed by atoms with van der Waals surface area (Å²) >= 11 is 3.12. The second-order valence-electron chi connectivity index (χ2n) is 8.17. The molecule has 0 bridgehead atoms. The fraction of sp³-hybridized carbons (Fsp3) is 0.304. The van der Waals surface area contributed by atoms with Crippen molar-refractivity contribution in [3.63, 3.8) is 0 Å². The Morgan fingerprint density at radius 1 is 0.935 bits per heavy atom. The lowest BCUT2D eigenvalue weighted by Gasteiger charge is -2.40. The van der Waals surface area contributed by atoms with Gasteiger partial charge < -0.3 is 15.1 Å². The number of carbonyl (C=O) groups excluding carboxylic acids is 1. The van der Waals surface area contributed by atoms with Crippen LogP contribution in [0.25, 0.3) is 0 Å². The molecule has 2 heterocycles. The maximum atomic E-state index is 13.9. The minimum absolute atomic E-state index is 0.0570. The molecule has 0 spiro atoms. The molecule has 0 aliphatic rings. The van der Waals surface area contributed by atoms with Crippen LogP contribution < -0.4 is 0 Å². The van der Waals surface area contributed by atoms with Crippen molar-refractivity contribution in [1.29, 1.82) is 0 Å². The molecule has 3 rings (SSSR count). The lowest BCUT2D eigenvalue weighted by molar-refractivity contribution is -0.139. The summed E-state index contributed by atoms with van der Waals surface area (Å²) in [5.74, 6) is -0.244. The molecule has 1 aromatic carbocycles. The molecule has 0 fully saturated rings. The number of phenolic OH excluding ortho intramolecular Hbond substituents is 1. The number of rotatable bonds is 7. The molecular formula is C23H26N2O4S2. The highest BCUT2D eigenvalue weighted by atomic mass is 32.1. The molecule has 0 radical (unpaired) electrons. The lowest BCUT2D eigenvalue weighted by atomic mass is 9.97. The van der Waals surface area contributed by atoms with Crippen molar-refractivity contribution < 1.29 is 19.8 Å². The monoisotopic (exact) mass is 458 g/mol. The van der Waals surface area contributed by atoms with E-state index in [9.17, 15) is 19.8 Å². The van der Waals surface area contributed by atoms with E-state index in [-0.39, 0.29) is 11.7 Å². The van der Waals surface area contributed by atoms with E-state index in [2.05, 4.69) is 0 Å². The van der Waals surface area contributed by atoms with Gasteiger partial charge in [-0.2, -0.15) is 0 Å². The highest BCUT2D eigenvalue weighted by molar-refractivity contribution is 7.10. The second-order valence-corrected chi connectivity index (χ2v) is 10.2. The first-order valence-corrected chi connectivity index (χ1v) is 11.6. The summed E-state index contributed by atoms with van der Waals surface area (Å²) in [5.41, 5.74) is -0.302. The highest BCUT2D eigenvalue weighted by Gasteiger charge is 2.40. The van der Waals surface area contributed by atoms with Gasteiger partial charge >= 0.3 is 6.09 Å². The van der Waals surface area contributed by atoms with Gasteiger partial charge in [0, 0.05) is 15.3 Å². The molecule has 0 saturated carbocycles. The van der Waals surface area contributed by atoms with E-state index < -0.39 is 17.7 Å². The van der Waals surface area contributed by atoms with Crippen LogP contribution in [0.3, 0.4) is 0 Å². The van der Waals surface area contributed by atoms with Crippen LogP contribution in [0, 0.1) is 0 Å². The Hall–Kier alpha value is -2.84. The third-order valence-electron chi connectivity index (χ3n) is 4.80. The van der Waals surface area contributed by atoms with Crippen molar-refractivity contribution in [2.24, 2.45) is 0 Å². The van der Waals surface area contributed by atoms with Crippen LogP contribution in [0.2, 0.25) is 0 Å². The zero-order valence-electron chi connectivity index (χ0n) is 17.7. The normalized spacial score (nSPS) is 12.4. The van der Waals surface area contributed by atoms with E-state index in [1.807, 2.05) is 35.0 Å². The first kappa shape index (κ1) is 22.8. The molecule has 0 aliphatic carbocycles. The number of nitrogens with zero attached hydrogens (tertiary/aromatic N) is 2. The third kappa shape index (κ3) is 5.65. The number of aromatic hydroxyl groups is 1. The average molecular weight is 459 g/mol. The minimum Gasteiger partial charge on any atom is -0.508 e. The van der Waals surface area contributed by atoms with E-state index in [4.69, 9.17) is 0 Å². The van der Waals surface area contributed by atoms with Crippen LogP contribution >= 0.6 is 22.7 Å². The van der Waals surface area contributed by atoms with E-state index in [1.54, 1.807) is 60.5 Å². The van der Waals surface area contributed by atoms with Gasteiger partial charge in [0.1, 0.15) is 11.8 Å².